The lowest BCUT2D eigenvalue weighted by atomic mass is 10.0. The van der Waals surface area contributed by atoms with Crippen molar-refractivity contribution in [3.63, 3.8) is 0 Å². The molecule has 182 valence electrons. The maximum Gasteiger partial charge on any atom is 0.309 e. The number of fused-ring (bicyclic) bond motifs is 1. The number of ether oxygens (including phenoxy) is 3. The Morgan fingerprint density at radius 1 is 1.00 bits per heavy atom. The van der Waals surface area contributed by atoms with Gasteiger partial charge < -0.3 is 29.7 Å². The second-order valence-electron chi connectivity index (χ2n) is 8.09. The third-order valence-corrected chi connectivity index (χ3v) is 5.98. The molecule has 2 amide bonds. The fourth-order valence-corrected chi connectivity index (χ4v) is 4.14. The number of hydrogen-bond donors (Lipinski definition) is 2. The average molecular weight is 473 g/mol. The van der Waals surface area contributed by atoms with E-state index in [0.29, 0.717) is 18.1 Å². The van der Waals surface area contributed by atoms with Crippen molar-refractivity contribution in [3.05, 3.63) is 53.8 Å². The number of nitrogens with zero attached hydrogens (tertiary/aromatic N) is 2. The van der Waals surface area contributed by atoms with Crippen LogP contribution >= 0.6 is 0 Å². The van der Waals surface area contributed by atoms with Gasteiger partial charge in [0.2, 0.25) is 6.79 Å². The van der Waals surface area contributed by atoms with Gasteiger partial charge in [0.25, 0.3) is 0 Å². The molecule has 0 aliphatic carbocycles. The fourth-order valence-electron chi connectivity index (χ4n) is 4.14. The van der Waals surface area contributed by atoms with E-state index in [4.69, 9.17) is 14.2 Å². The second-order valence-corrected chi connectivity index (χ2v) is 8.09. The number of anilines is 1. The van der Waals surface area contributed by atoms with Crippen LogP contribution < -0.4 is 25.0 Å². The molecule has 10 heteroatoms. The molecule has 2 N–H and O–H groups in total. The molecule has 0 aromatic heterocycles. The molecule has 2 aromatic carbocycles. The molecule has 2 heterocycles. The molecule has 1 atom stereocenters. The summed E-state index contributed by atoms with van der Waals surface area (Å²) in [6, 6.07) is 12.1. The lowest BCUT2D eigenvalue weighted by molar-refractivity contribution is -0.139. The first-order valence-electron chi connectivity index (χ1n) is 11.2. The monoisotopic (exact) mass is 472 g/mol. The number of amides is 2. The van der Waals surface area contributed by atoms with Gasteiger partial charge in [-0.3, -0.25) is 14.5 Å². The Kier molecular flexibility index (Phi) is 7.81. The zero-order chi connectivity index (χ0) is 23.9. The molecule has 0 radical (unpaired) electrons. The SMILES string of the molecule is COCCNC(=O)C(=O)NC[C@H](c1ccc2c(c1)OCO2)N1CCN(c2ccc(F)cc2)CC1. The molecule has 34 heavy (non-hydrogen) atoms. The van der Waals surface area contributed by atoms with Crippen LogP contribution in [0.1, 0.15) is 11.6 Å². The van der Waals surface area contributed by atoms with E-state index >= 15 is 0 Å². The summed E-state index contributed by atoms with van der Waals surface area (Å²) in [5, 5.41) is 5.29. The summed E-state index contributed by atoms with van der Waals surface area (Å²) < 4.78 is 29.1. The normalized spacial score (nSPS) is 16.2. The van der Waals surface area contributed by atoms with E-state index < -0.39 is 11.8 Å². The summed E-state index contributed by atoms with van der Waals surface area (Å²) in [6.07, 6.45) is 0. The van der Waals surface area contributed by atoms with E-state index in [1.807, 2.05) is 18.2 Å². The Morgan fingerprint density at radius 2 is 1.71 bits per heavy atom. The Balaban J connectivity index is 1.43. The van der Waals surface area contributed by atoms with Gasteiger partial charge in [0, 0.05) is 52.1 Å². The van der Waals surface area contributed by atoms with Crippen LogP contribution in [0.3, 0.4) is 0 Å². The molecule has 9 nitrogen and oxygen atoms in total. The van der Waals surface area contributed by atoms with Gasteiger partial charge in [-0.25, -0.2) is 4.39 Å². The Morgan fingerprint density at radius 3 is 2.44 bits per heavy atom. The van der Waals surface area contributed by atoms with E-state index in [1.54, 1.807) is 12.1 Å². The van der Waals surface area contributed by atoms with Crippen LogP contribution in [0.15, 0.2) is 42.5 Å². The lowest BCUT2D eigenvalue weighted by Gasteiger charge is -2.40. The van der Waals surface area contributed by atoms with Gasteiger partial charge in [-0.05, 0) is 42.0 Å². The van der Waals surface area contributed by atoms with E-state index in [-0.39, 0.29) is 31.7 Å². The zero-order valence-electron chi connectivity index (χ0n) is 19.1. The highest BCUT2D eigenvalue weighted by Crippen LogP contribution is 2.35. The molecular formula is C24H29FN4O5. The molecular weight excluding hydrogens is 443 g/mol. The van der Waals surface area contributed by atoms with Crippen LogP contribution in [0.4, 0.5) is 10.1 Å². The molecule has 0 saturated carbocycles. The highest BCUT2D eigenvalue weighted by Gasteiger charge is 2.28. The maximum atomic E-state index is 13.3. The van der Waals surface area contributed by atoms with Crippen molar-refractivity contribution >= 4 is 17.5 Å². The molecule has 1 saturated heterocycles. The van der Waals surface area contributed by atoms with Crippen molar-refractivity contribution < 1.29 is 28.2 Å². The summed E-state index contributed by atoms with van der Waals surface area (Å²) >= 11 is 0. The minimum atomic E-state index is -0.692. The quantitative estimate of drug-likeness (QED) is 0.442. The Labute approximate surface area is 197 Å². The topological polar surface area (TPSA) is 92.4 Å². The number of rotatable bonds is 8. The highest BCUT2D eigenvalue weighted by atomic mass is 19.1. The van der Waals surface area contributed by atoms with Crippen molar-refractivity contribution in [2.45, 2.75) is 6.04 Å². The minimum absolute atomic E-state index is 0.166. The van der Waals surface area contributed by atoms with Crippen molar-refractivity contribution in [2.75, 3.05) is 64.7 Å². The third-order valence-electron chi connectivity index (χ3n) is 5.98. The highest BCUT2D eigenvalue weighted by molar-refractivity contribution is 6.35. The summed E-state index contributed by atoms with van der Waals surface area (Å²) in [6.45, 7) is 3.98. The van der Waals surface area contributed by atoms with Gasteiger partial charge in [-0.2, -0.15) is 0 Å². The first-order chi connectivity index (χ1) is 16.5. The molecule has 2 aromatic rings. The predicted molar refractivity (Wildman–Crippen MR) is 123 cm³/mol. The van der Waals surface area contributed by atoms with E-state index in [2.05, 4.69) is 20.4 Å². The summed E-state index contributed by atoms with van der Waals surface area (Å²) in [5.74, 6) is -0.289. The van der Waals surface area contributed by atoms with E-state index in [1.165, 1.54) is 19.2 Å². The maximum absolute atomic E-state index is 13.3. The summed E-state index contributed by atoms with van der Waals surface area (Å²) in [4.78, 5) is 28.9. The minimum Gasteiger partial charge on any atom is -0.454 e. The number of halogens is 1. The molecule has 2 aliphatic heterocycles. The van der Waals surface area contributed by atoms with Crippen LogP contribution in [0.25, 0.3) is 0 Å². The second kappa shape index (κ2) is 11.2. The number of benzene rings is 2. The van der Waals surface area contributed by atoms with Crippen LogP contribution in [0, 0.1) is 5.82 Å². The van der Waals surface area contributed by atoms with Gasteiger partial charge >= 0.3 is 11.8 Å². The van der Waals surface area contributed by atoms with Gasteiger partial charge in [-0.15, -0.1) is 0 Å². The number of nitrogens with one attached hydrogen (secondary N) is 2. The predicted octanol–water partition coefficient (Wildman–Crippen LogP) is 1.30. The van der Waals surface area contributed by atoms with Crippen molar-refractivity contribution in [2.24, 2.45) is 0 Å². The lowest BCUT2D eigenvalue weighted by Crippen LogP contribution is -2.51. The molecule has 1 fully saturated rings. The Bertz CT molecular complexity index is 995. The summed E-state index contributed by atoms with van der Waals surface area (Å²) in [5.41, 5.74) is 1.93. The van der Waals surface area contributed by atoms with Crippen molar-refractivity contribution in [1.82, 2.24) is 15.5 Å². The van der Waals surface area contributed by atoms with Gasteiger partial charge in [0.05, 0.1) is 12.6 Å². The zero-order valence-corrected chi connectivity index (χ0v) is 19.1. The largest absolute Gasteiger partial charge is 0.454 e. The van der Waals surface area contributed by atoms with Crippen LogP contribution in [0.5, 0.6) is 11.5 Å². The average Bonchev–Trinajstić information content (AvgIpc) is 3.33. The van der Waals surface area contributed by atoms with Gasteiger partial charge in [0.1, 0.15) is 5.82 Å². The molecule has 0 spiro atoms. The number of carbonyl (C=O) groups is 2. The smallest absolute Gasteiger partial charge is 0.309 e. The third kappa shape index (κ3) is 5.75. The van der Waals surface area contributed by atoms with E-state index in [0.717, 1.165) is 37.4 Å². The van der Waals surface area contributed by atoms with Crippen LogP contribution in [-0.2, 0) is 14.3 Å². The van der Waals surface area contributed by atoms with Crippen molar-refractivity contribution in [3.8, 4) is 11.5 Å². The van der Waals surface area contributed by atoms with Gasteiger partial charge in [-0.1, -0.05) is 6.07 Å². The molecule has 0 bridgehead atoms. The molecule has 2 aliphatic rings. The van der Waals surface area contributed by atoms with Crippen LogP contribution in [0.2, 0.25) is 0 Å². The van der Waals surface area contributed by atoms with Crippen LogP contribution in [-0.4, -0.2) is 76.5 Å². The first-order valence-corrected chi connectivity index (χ1v) is 11.2. The number of hydrogen-bond acceptors (Lipinski definition) is 7. The number of methoxy groups -OCH3 is 1. The number of carbonyl (C=O) groups excluding carboxylic acids is 2. The van der Waals surface area contributed by atoms with E-state index in [9.17, 15) is 14.0 Å². The molecule has 0 unspecified atom stereocenters. The first kappa shape index (κ1) is 23.8. The Hall–Kier alpha value is -3.37. The standard InChI is InChI=1S/C24H29FN4O5/c1-32-13-8-26-23(30)24(31)27-15-20(17-2-7-21-22(14-17)34-16-33-21)29-11-9-28(10-12-29)19-5-3-18(25)4-6-19/h2-7,14,20H,8-13,15-16H2,1H3,(H,26,30)(H,27,31)/t20-/m1/s1. The summed E-state index contributed by atoms with van der Waals surface area (Å²) in [7, 11) is 1.53. The van der Waals surface area contributed by atoms with Crippen molar-refractivity contribution in [1.29, 1.82) is 0 Å². The molecule has 4 rings (SSSR count). The fraction of sp³-hybridized carbons (Fsp3) is 0.417. The number of piperazine rings is 1. The van der Waals surface area contributed by atoms with Gasteiger partial charge in [0.15, 0.2) is 11.5 Å².